The summed E-state index contributed by atoms with van der Waals surface area (Å²) in [6, 6.07) is 4.50. The van der Waals surface area contributed by atoms with Gasteiger partial charge in [-0.05, 0) is 30.9 Å². The number of phenolic OH excluding ortho intramolecular Hbond substituents is 1. The normalized spacial score (nSPS) is 18.1. The minimum atomic E-state index is -0.481. The molecule has 1 aromatic rings. The first-order valence-corrected chi connectivity index (χ1v) is 6.58. The highest BCUT2D eigenvalue weighted by atomic mass is 16.6. The first-order valence-electron chi connectivity index (χ1n) is 6.58. The predicted octanol–water partition coefficient (Wildman–Crippen LogP) is 1.60. The van der Waals surface area contributed by atoms with Gasteiger partial charge in [0.1, 0.15) is 5.75 Å². The average Bonchev–Trinajstić information content (AvgIpc) is 2.90. The van der Waals surface area contributed by atoms with E-state index in [9.17, 15) is 9.90 Å². The molecule has 1 atom stereocenters. The Hall–Kier alpha value is -1.95. The molecule has 1 aliphatic rings. The van der Waals surface area contributed by atoms with Gasteiger partial charge in [-0.1, -0.05) is 0 Å². The van der Waals surface area contributed by atoms with Gasteiger partial charge in [0.05, 0.1) is 7.11 Å². The summed E-state index contributed by atoms with van der Waals surface area (Å²) in [6.45, 7) is 1.32. The van der Waals surface area contributed by atoms with Crippen molar-refractivity contribution in [3.8, 4) is 17.2 Å². The average molecular weight is 281 g/mol. The second kappa shape index (κ2) is 6.47. The number of nitrogens with zero attached hydrogens (tertiary/aromatic N) is 1. The number of aromatic hydroxyl groups is 1. The molecule has 1 aliphatic heterocycles. The highest BCUT2D eigenvalue weighted by Gasteiger charge is 2.27. The van der Waals surface area contributed by atoms with Crippen molar-refractivity contribution in [2.45, 2.75) is 12.8 Å². The van der Waals surface area contributed by atoms with Gasteiger partial charge < -0.3 is 24.6 Å². The monoisotopic (exact) mass is 281 g/mol. The largest absolute Gasteiger partial charge is 0.504 e. The Morgan fingerprint density at radius 3 is 2.95 bits per heavy atom. The minimum absolute atomic E-state index is 0.112. The maximum atomic E-state index is 12.0. The van der Waals surface area contributed by atoms with Crippen LogP contribution in [0.25, 0.3) is 0 Å². The highest BCUT2D eigenvalue weighted by molar-refractivity contribution is 5.72. The zero-order valence-electron chi connectivity index (χ0n) is 11.4. The number of likely N-dealkylation sites (tertiary alicyclic amines) is 1. The summed E-state index contributed by atoms with van der Waals surface area (Å²) in [5.41, 5.74) is 0. The third-order valence-corrected chi connectivity index (χ3v) is 3.44. The summed E-state index contributed by atoms with van der Waals surface area (Å²) < 4.78 is 10.1. The Morgan fingerprint density at radius 1 is 1.50 bits per heavy atom. The van der Waals surface area contributed by atoms with E-state index in [1.165, 1.54) is 19.2 Å². The van der Waals surface area contributed by atoms with Crippen molar-refractivity contribution in [2.75, 3.05) is 26.8 Å². The van der Waals surface area contributed by atoms with Crippen LogP contribution in [0.15, 0.2) is 18.2 Å². The molecule has 0 saturated carbocycles. The molecule has 0 bridgehead atoms. The fourth-order valence-corrected chi connectivity index (χ4v) is 2.29. The first-order chi connectivity index (χ1) is 9.63. The zero-order valence-corrected chi connectivity index (χ0v) is 11.4. The summed E-state index contributed by atoms with van der Waals surface area (Å²) in [5.74, 6) is 0.786. The molecule has 1 aromatic carbocycles. The van der Waals surface area contributed by atoms with Crippen LogP contribution in [0.4, 0.5) is 4.79 Å². The lowest BCUT2D eigenvalue weighted by Crippen LogP contribution is -2.31. The number of aliphatic hydroxyl groups excluding tert-OH is 1. The minimum Gasteiger partial charge on any atom is -0.504 e. The number of aliphatic hydroxyl groups is 1. The molecule has 1 amide bonds. The molecule has 0 aromatic heterocycles. The van der Waals surface area contributed by atoms with E-state index in [0.717, 1.165) is 6.42 Å². The van der Waals surface area contributed by atoms with Crippen molar-refractivity contribution in [3.05, 3.63) is 18.2 Å². The molecular weight excluding hydrogens is 262 g/mol. The Labute approximate surface area is 117 Å². The predicted molar refractivity (Wildman–Crippen MR) is 72.1 cm³/mol. The Kier molecular flexibility index (Phi) is 4.68. The van der Waals surface area contributed by atoms with E-state index in [0.29, 0.717) is 31.2 Å². The summed E-state index contributed by atoms with van der Waals surface area (Å²) in [4.78, 5) is 13.6. The van der Waals surface area contributed by atoms with Crippen LogP contribution in [0.5, 0.6) is 17.2 Å². The van der Waals surface area contributed by atoms with Crippen LogP contribution in [0.2, 0.25) is 0 Å². The van der Waals surface area contributed by atoms with Crippen molar-refractivity contribution in [2.24, 2.45) is 5.92 Å². The van der Waals surface area contributed by atoms with E-state index in [1.54, 1.807) is 11.0 Å². The number of benzene rings is 1. The van der Waals surface area contributed by atoms with E-state index in [2.05, 4.69) is 0 Å². The van der Waals surface area contributed by atoms with Crippen LogP contribution < -0.4 is 9.47 Å². The summed E-state index contributed by atoms with van der Waals surface area (Å²) in [6.07, 6.45) is 1.08. The molecule has 20 heavy (non-hydrogen) atoms. The number of methoxy groups -OCH3 is 1. The van der Waals surface area contributed by atoms with E-state index in [1.807, 2.05) is 0 Å². The highest BCUT2D eigenvalue weighted by Crippen LogP contribution is 2.31. The van der Waals surface area contributed by atoms with Crippen LogP contribution in [0.1, 0.15) is 12.8 Å². The maximum absolute atomic E-state index is 12.0. The zero-order chi connectivity index (χ0) is 14.5. The van der Waals surface area contributed by atoms with Crippen LogP contribution in [-0.2, 0) is 0 Å². The maximum Gasteiger partial charge on any atom is 0.415 e. The SMILES string of the molecule is COc1ccc(OC(=O)N2CCC(CCO)C2)c(O)c1. The molecule has 110 valence electrons. The molecule has 1 saturated heterocycles. The fourth-order valence-electron chi connectivity index (χ4n) is 2.29. The molecule has 6 nitrogen and oxygen atoms in total. The molecule has 1 heterocycles. The second-order valence-electron chi connectivity index (χ2n) is 4.81. The van der Waals surface area contributed by atoms with Crippen LogP contribution in [0, 0.1) is 5.92 Å². The standard InChI is InChI=1S/C14H19NO5/c1-19-11-2-3-13(12(17)8-11)20-14(18)15-6-4-10(9-15)5-7-16/h2-3,8,10,16-17H,4-7,9H2,1H3. The number of amides is 1. The fraction of sp³-hybridized carbons (Fsp3) is 0.500. The molecule has 1 fully saturated rings. The molecule has 6 heteroatoms. The molecular formula is C14H19NO5. The molecule has 0 spiro atoms. The second-order valence-corrected chi connectivity index (χ2v) is 4.81. The number of rotatable bonds is 4. The Bertz CT molecular complexity index is 477. The lowest BCUT2D eigenvalue weighted by Gasteiger charge is -2.16. The van der Waals surface area contributed by atoms with E-state index in [-0.39, 0.29) is 18.1 Å². The van der Waals surface area contributed by atoms with Crippen molar-refractivity contribution in [3.63, 3.8) is 0 Å². The number of ether oxygens (including phenoxy) is 2. The molecule has 2 N–H and O–H groups in total. The Morgan fingerprint density at radius 2 is 2.30 bits per heavy atom. The van der Waals surface area contributed by atoms with Crippen LogP contribution in [0.3, 0.4) is 0 Å². The third-order valence-electron chi connectivity index (χ3n) is 3.44. The van der Waals surface area contributed by atoms with Gasteiger partial charge in [0, 0.05) is 25.8 Å². The summed E-state index contributed by atoms with van der Waals surface area (Å²) in [5, 5.41) is 18.6. The quantitative estimate of drug-likeness (QED) is 0.876. The van der Waals surface area contributed by atoms with Gasteiger partial charge in [-0.2, -0.15) is 0 Å². The lowest BCUT2D eigenvalue weighted by atomic mass is 10.1. The first kappa shape index (κ1) is 14.5. The molecule has 2 rings (SSSR count). The van der Waals surface area contributed by atoms with Crippen molar-refractivity contribution in [1.82, 2.24) is 4.90 Å². The molecule has 0 radical (unpaired) electrons. The Balaban J connectivity index is 1.95. The van der Waals surface area contributed by atoms with Crippen LogP contribution in [-0.4, -0.2) is 48.0 Å². The smallest absolute Gasteiger partial charge is 0.415 e. The van der Waals surface area contributed by atoms with Gasteiger partial charge in [0.15, 0.2) is 11.5 Å². The number of carbonyl (C=O) groups is 1. The van der Waals surface area contributed by atoms with Gasteiger partial charge in [-0.3, -0.25) is 0 Å². The number of hydrogen-bond donors (Lipinski definition) is 2. The van der Waals surface area contributed by atoms with Gasteiger partial charge in [0.2, 0.25) is 0 Å². The molecule has 0 aliphatic carbocycles. The van der Waals surface area contributed by atoms with Gasteiger partial charge in [-0.25, -0.2) is 4.79 Å². The lowest BCUT2D eigenvalue weighted by molar-refractivity contribution is 0.158. The van der Waals surface area contributed by atoms with E-state index >= 15 is 0 Å². The molecule has 1 unspecified atom stereocenters. The summed E-state index contributed by atoms with van der Waals surface area (Å²) in [7, 11) is 1.49. The number of carbonyl (C=O) groups excluding carboxylic acids is 1. The number of hydrogen-bond acceptors (Lipinski definition) is 5. The van der Waals surface area contributed by atoms with Gasteiger partial charge in [-0.15, -0.1) is 0 Å². The van der Waals surface area contributed by atoms with Crippen molar-refractivity contribution in [1.29, 1.82) is 0 Å². The van der Waals surface area contributed by atoms with Crippen molar-refractivity contribution < 1.29 is 24.5 Å². The van der Waals surface area contributed by atoms with Gasteiger partial charge in [0.25, 0.3) is 0 Å². The topological polar surface area (TPSA) is 79.2 Å². The van der Waals surface area contributed by atoms with Gasteiger partial charge >= 0.3 is 6.09 Å². The summed E-state index contributed by atoms with van der Waals surface area (Å²) >= 11 is 0. The third kappa shape index (κ3) is 3.33. The van der Waals surface area contributed by atoms with E-state index in [4.69, 9.17) is 14.6 Å². The van der Waals surface area contributed by atoms with E-state index < -0.39 is 6.09 Å². The van der Waals surface area contributed by atoms with Crippen molar-refractivity contribution >= 4 is 6.09 Å². The number of phenols is 1. The van der Waals surface area contributed by atoms with Crippen LogP contribution >= 0.6 is 0 Å².